The highest BCUT2D eigenvalue weighted by atomic mass is 16.5. The highest BCUT2D eigenvalue weighted by molar-refractivity contribution is 4.88. The van der Waals surface area contributed by atoms with Crippen molar-refractivity contribution in [2.24, 2.45) is 11.8 Å². The van der Waals surface area contributed by atoms with E-state index in [1.165, 1.54) is 19.3 Å². The molecule has 0 amide bonds. The van der Waals surface area contributed by atoms with E-state index in [1.807, 2.05) is 0 Å². The Morgan fingerprint density at radius 3 is 2.39 bits per heavy atom. The third-order valence-corrected chi connectivity index (χ3v) is 4.56. The Hall–Kier alpha value is -0.0800. The maximum atomic E-state index is 6.41. The van der Waals surface area contributed by atoms with Crippen LogP contribution in [-0.2, 0) is 4.74 Å². The Bertz CT molecular complexity index is 237. The second kappa shape index (κ2) is 6.91. The quantitative estimate of drug-likeness (QED) is 0.774. The molecule has 3 unspecified atom stereocenters. The van der Waals surface area contributed by atoms with Crippen LogP contribution in [0.2, 0.25) is 0 Å². The highest BCUT2D eigenvalue weighted by Gasteiger charge is 2.35. The zero-order valence-electron chi connectivity index (χ0n) is 13.3. The Labute approximate surface area is 114 Å². The Balaban J connectivity index is 2.65. The van der Waals surface area contributed by atoms with Crippen LogP contribution < -0.4 is 5.32 Å². The second-order valence-electron chi connectivity index (χ2n) is 6.75. The molecule has 0 aromatic heterocycles. The van der Waals surface area contributed by atoms with Gasteiger partial charge in [-0.05, 0) is 57.9 Å². The monoisotopic (exact) mass is 255 g/mol. The number of nitrogens with one attached hydrogen (secondary N) is 1. The molecule has 1 rings (SSSR count). The summed E-state index contributed by atoms with van der Waals surface area (Å²) in [5.41, 5.74) is 0.0111. The van der Waals surface area contributed by atoms with Crippen LogP contribution in [0.15, 0.2) is 0 Å². The first-order chi connectivity index (χ1) is 8.39. The molecular weight excluding hydrogens is 222 g/mol. The van der Waals surface area contributed by atoms with Gasteiger partial charge in [-0.25, -0.2) is 0 Å². The minimum atomic E-state index is 0.0111. The van der Waals surface area contributed by atoms with Gasteiger partial charge in [0.15, 0.2) is 0 Å². The lowest BCUT2D eigenvalue weighted by molar-refractivity contribution is -0.109. The highest BCUT2D eigenvalue weighted by Crippen LogP contribution is 2.34. The van der Waals surface area contributed by atoms with Crippen molar-refractivity contribution in [3.8, 4) is 0 Å². The lowest BCUT2D eigenvalue weighted by Gasteiger charge is -2.41. The third-order valence-electron chi connectivity index (χ3n) is 4.56. The van der Waals surface area contributed by atoms with Crippen LogP contribution in [-0.4, -0.2) is 24.3 Å². The fourth-order valence-corrected chi connectivity index (χ4v) is 2.88. The molecule has 2 heteroatoms. The van der Waals surface area contributed by atoms with E-state index in [1.54, 1.807) is 0 Å². The summed E-state index contributed by atoms with van der Waals surface area (Å²) in [6, 6.07) is 0.552. The lowest BCUT2D eigenvalue weighted by atomic mass is 9.77. The fraction of sp³-hybridized carbons (Fsp3) is 1.00. The van der Waals surface area contributed by atoms with Gasteiger partial charge in [-0.2, -0.15) is 0 Å². The van der Waals surface area contributed by atoms with Crippen LogP contribution in [0, 0.1) is 11.8 Å². The van der Waals surface area contributed by atoms with Gasteiger partial charge in [-0.3, -0.25) is 0 Å². The van der Waals surface area contributed by atoms with Crippen molar-refractivity contribution < 1.29 is 4.74 Å². The Morgan fingerprint density at radius 2 is 1.89 bits per heavy atom. The zero-order valence-corrected chi connectivity index (χ0v) is 13.3. The Kier molecular flexibility index (Phi) is 6.13. The van der Waals surface area contributed by atoms with Crippen molar-refractivity contribution in [2.45, 2.75) is 85.0 Å². The molecule has 1 aliphatic rings. The molecule has 1 saturated carbocycles. The second-order valence-corrected chi connectivity index (χ2v) is 6.75. The van der Waals surface area contributed by atoms with Crippen LogP contribution in [0.3, 0.4) is 0 Å². The molecule has 0 bridgehead atoms. The topological polar surface area (TPSA) is 21.3 Å². The van der Waals surface area contributed by atoms with E-state index in [4.69, 9.17) is 4.74 Å². The molecule has 3 atom stereocenters. The van der Waals surface area contributed by atoms with Gasteiger partial charge in [0.25, 0.3) is 0 Å². The molecule has 108 valence electrons. The average molecular weight is 255 g/mol. The first-order valence-electron chi connectivity index (χ1n) is 7.80. The Morgan fingerprint density at radius 1 is 1.22 bits per heavy atom. The van der Waals surface area contributed by atoms with Crippen molar-refractivity contribution in [3.05, 3.63) is 0 Å². The van der Waals surface area contributed by atoms with Gasteiger partial charge >= 0.3 is 0 Å². The van der Waals surface area contributed by atoms with Gasteiger partial charge in [0.1, 0.15) is 0 Å². The summed E-state index contributed by atoms with van der Waals surface area (Å²) >= 11 is 0. The summed E-state index contributed by atoms with van der Waals surface area (Å²) in [4.78, 5) is 0. The molecule has 0 spiro atoms. The van der Waals surface area contributed by atoms with Crippen molar-refractivity contribution in [1.29, 1.82) is 0 Å². The molecule has 0 aromatic rings. The van der Waals surface area contributed by atoms with Crippen LogP contribution in [0.4, 0.5) is 0 Å². The van der Waals surface area contributed by atoms with E-state index in [9.17, 15) is 0 Å². The van der Waals surface area contributed by atoms with Crippen molar-refractivity contribution >= 4 is 0 Å². The molecule has 1 fully saturated rings. The van der Waals surface area contributed by atoms with Crippen LogP contribution in [0.5, 0.6) is 0 Å². The first-order valence-corrected chi connectivity index (χ1v) is 7.80. The van der Waals surface area contributed by atoms with Gasteiger partial charge in [0.05, 0.1) is 11.7 Å². The smallest absolute Gasteiger partial charge is 0.0738 e. The van der Waals surface area contributed by atoms with E-state index in [0.29, 0.717) is 12.1 Å². The van der Waals surface area contributed by atoms with Crippen molar-refractivity contribution in [2.75, 3.05) is 6.54 Å². The number of hydrogen-bond acceptors (Lipinski definition) is 2. The molecule has 0 heterocycles. The van der Waals surface area contributed by atoms with Crippen molar-refractivity contribution in [1.82, 2.24) is 5.32 Å². The molecule has 18 heavy (non-hydrogen) atoms. The standard InChI is InChI=1S/C16H33NO/c1-7-16(5,6)18-15-11-13(12(3)4)9-10-14(15)17-8-2/h12-15,17H,7-11H2,1-6H3. The number of rotatable bonds is 6. The maximum absolute atomic E-state index is 6.41. The third kappa shape index (κ3) is 4.55. The summed E-state index contributed by atoms with van der Waals surface area (Å²) in [6.07, 6.45) is 5.30. The average Bonchev–Trinajstić information content (AvgIpc) is 2.31. The summed E-state index contributed by atoms with van der Waals surface area (Å²) in [5.74, 6) is 1.61. The van der Waals surface area contributed by atoms with Crippen LogP contribution >= 0.6 is 0 Å². The van der Waals surface area contributed by atoms with E-state index >= 15 is 0 Å². The molecule has 0 aromatic carbocycles. The summed E-state index contributed by atoms with van der Waals surface area (Å²) < 4.78 is 6.41. The predicted octanol–water partition coefficient (Wildman–Crippen LogP) is 3.99. The van der Waals surface area contributed by atoms with Gasteiger partial charge in [0, 0.05) is 6.04 Å². The zero-order chi connectivity index (χ0) is 13.8. The van der Waals surface area contributed by atoms with E-state index in [2.05, 4.69) is 46.9 Å². The minimum Gasteiger partial charge on any atom is -0.371 e. The van der Waals surface area contributed by atoms with Crippen LogP contribution in [0.25, 0.3) is 0 Å². The van der Waals surface area contributed by atoms with E-state index in [0.717, 1.165) is 24.8 Å². The number of ether oxygens (including phenoxy) is 1. The van der Waals surface area contributed by atoms with E-state index < -0.39 is 0 Å². The minimum absolute atomic E-state index is 0.0111. The largest absolute Gasteiger partial charge is 0.371 e. The summed E-state index contributed by atoms with van der Waals surface area (Å²) in [6.45, 7) is 14.6. The number of likely N-dealkylation sites (N-methyl/N-ethyl adjacent to an activating group) is 1. The molecule has 0 saturated heterocycles. The fourth-order valence-electron chi connectivity index (χ4n) is 2.88. The van der Waals surface area contributed by atoms with Gasteiger partial charge in [-0.15, -0.1) is 0 Å². The summed E-state index contributed by atoms with van der Waals surface area (Å²) in [7, 11) is 0. The lowest BCUT2D eigenvalue weighted by Crippen LogP contribution is -2.49. The summed E-state index contributed by atoms with van der Waals surface area (Å²) in [5, 5.41) is 3.62. The molecule has 1 aliphatic carbocycles. The molecule has 0 aliphatic heterocycles. The first kappa shape index (κ1) is 16.0. The van der Waals surface area contributed by atoms with Crippen LogP contribution in [0.1, 0.15) is 67.2 Å². The maximum Gasteiger partial charge on any atom is 0.0738 e. The number of hydrogen-bond donors (Lipinski definition) is 1. The van der Waals surface area contributed by atoms with Gasteiger partial charge < -0.3 is 10.1 Å². The molecular formula is C16H33NO. The molecule has 0 radical (unpaired) electrons. The van der Waals surface area contributed by atoms with Gasteiger partial charge in [0.2, 0.25) is 0 Å². The molecule has 2 nitrogen and oxygen atoms in total. The SMILES string of the molecule is CCNC1CCC(C(C)C)CC1OC(C)(C)CC. The van der Waals surface area contributed by atoms with E-state index in [-0.39, 0.29) is 5.60 Å². The normalized spacial score (nSPS) is 29.8. The van der Waals surface area contributed by atoms with Gasteiger partial charge in [-0.1, -0.05) is 27.7 Å². The molecule has 1 N–H and O–H groups in total. The van der Waals surface area contributed by atoms with Crippen molar-refractivity contribution in [3.63, 3.8) is 0 Å². The predicted molar refractivity (Wildman–Crippen MR) is 78.9 cm³/mol.